The van der Waals surface area contributed by atoms with E-state index in [2.05, 4.69) is 10.3 Å². The van der Waals surface area contributed by atoms with E-state index in [1.54, 1.807) is 12.3 Å². The zero-order chi connectivity index (χ0) is 17.9. The van der Waals surface area contributed by atoms with E-state index >= 15 is 0 Å². The van der Waals surface area contributed by atoms with E-state index < -0.39 is 9.84 Å². The van der Waals surface area contributed by atoms with E-state index in [-0.39, 0.29) is 23.0 Å². The summed E-state index contributed by atoms with van der Waals surface area (Å²) in [5, 5.41) is 4.09. The van der Waals surface area contributed by atoms with Crippen molar-refractivity contribution in [3.8, 4) is 0 Å². The number of benzene rings is 2. The zero-order valence-electron chi connectivity index (χ0n) is 13.1. The average Bonchev–Trinajstić information content (AvgIpc) is 2.61. The molecule has 0 radical (unpaired) electrons. The van der Waals surface area contributed by atoms with Gasteiger partial charge < -0.3 is 5.32 Å². The summed E-state index contributed by atoms with van der Waals surface area (Å²) in [5.74, 6) is -0.658. The Bertz CT molecular complexity index is 1010. The van der Waals surface area contributed by atoms with Crippen molar-refractivity contribution in [2.75, 3.05) is 11.1 Å². The Morgan fingerprint density at radius 2 is 1.76 bits per heavy atom. The van der Waals surface area contributed by atoms with Gasteiger partial charge in [0, 0.05) is 23.0 Å². The molecular formula is C18H15ClN2O3S. The van der Waals surface area contributed by atoms with Crippen LogP contribution in [0.25, 0.3) is 10.9 Å². The fraction of sp³-hybridized carbons (Fsp3) is 0.111. The summed E-state index contributed by atoms with van der Waals surface area (Å²) >= 11 is 5.76. The Kier molecular flexibility index (Phi) is 5.01. The lowest BCUT2D eigenvalue weighted by molar-refractivity contribution is -0.115. The van der Waals surface area contributed by atoms with Crippen molar-refractivity contribution in [3.05, 3.63) is 65.8 Å². The number of rotatable bonds is 5. The molecule has 25 heavy (non-hydrogen) atoms. The maximum Gasteiger partial charge on any atom is 0.225 e. The maximum atomic E-state index is 12.3. The van der Waals surface area contributed by atoms with Crippen LogP contribution < -0.4 is 5.32 Å². The van der Waals surface area contributed by atoms with Crippen LogP contribution in [0.1, 0.15) is 6.42 Å². The number of para-hydroxylation sites is 1. The van der Waals surface area contributed by atoms with Crippen LogP contribution in [0.2, 0.25) is 5.02 Å². The first-order valence-corrected chi connectivity index (χ1v) is 9.61. The second kappa shape index (κ2) is 7.21. The monoisotopic (exact) mass is 374 g/mol. The summed E-state index contributed by atoms with van der Waals surface area (Å²) in [4.78, 5) is 16.6. The minimum absolute atomic E-state index is 0.145. The Balaban J connectivity index is 1.69. The van der Waals surface area contributed by atoms with Crippen LogP contribution in [-0.2, 0) is 14.6 Å². The van der Waals surface area contributed by atoms with Crippen LogP contribution in [-0.4, -0.2) is 25.1 Å². The predicted octanol–water partition coefficient (Wildman–Crippen LogP) is 3.69. The molecule has 1 heterocycles. The standard InChI is InChI=1S/C18H15ClN2O3S/c19-14-6-8-15(9-7-14)25(23,24)12-10-17(22)21-16-5-1-3-13-4-2-11-20-18(13)16/h1-9,11H,10,12H2,(H,21,22). The maximum absolute atomic E-state index is 12.3. The van der Waals surface area contributed by atoms with Crippen LogP contribution in [0.5, 0.6) is 0 Å². The van der Waals surface area contributed by atoms with Gasteiger partial charge in [0.25, 0.3) is 0 Å². The molecule has 3 aromatic rings. The summed E-state index contributed by atoms with van der Waals surface area (Å²) in [6, 6.07) is 15.0. The van der Waals surface area contributed by atoms with E-state index in [0.29, 0.717) is 16.2 Å². The Hall–Kier alpha value is -2.44. The van der Waals surface area contributed by atoms with Gasteiger partial charge in [0.15, 0.2) is 9.84 Å². The third kappa shape index (κ3) is 4.15. The molecule has 7 heteroatoms. The van der Waals surface area contributed by atoms with Gasteiger partial charge in [-0.25, -0.2) is 8.42 Å². The summed E-state index contributed by atoms with van der Waals surface area (Å²) in [7, 11) is -3.54. The van der Waals surface area contributed by atoms with Gasteiger partial charge >= 0.3 is 0 Å². The second-order valence-electron chi connectivity index (χ2n) is 5.45. The lowest BCUT2D eigenvalue weighted by Gasteiger charge is -2.08. The molecular weight excluding hydrogens is 360 g/mol. The van der Waals surface area contributed by atoms with Crippen molar-refractivity contribution >= 4 is 43.9 Å². The Morgan fingerprint density at radius 3 is 2.52 bits per heavy atom. The number of hydrogen-bond donors (Lipinski definition) is 1. The van der Waals surface area contributed by atoms with E-state index in [4.69, 9.17) is 11.6 Å². The molecule has 0 bridgehead atoms. The molecule has 1 aromatic heterocycles. The van der Waals surface area contributed by atoms with E-state index in [1.165, 1.54) is 24.3 Å². The third-order valence-corrected chi connectivity index (χ3v) is 5.66. The summed E-state index contributed by atoms with van der Waals surface area (Å²) in [6.45, 7) is 0. The van der Waals surface area contributed by atoms with Crippen molar-refractivity contribution in [1.82, 2.24) is 4.98 Å². The molecule has 0 saturated carbocycles. The average molecular weight is 375 g/mol. The first-order chi connectivity index (χ1) is 12.0. The molecule has 0 unspecified atom stereocenters. The zero-order valence-corrected chi connectivity index (χ0v) is 14.7. The van der Waals surface area contributed by atoms with Crippen LogP contribution >= 0.6 is 11.6 Å². The number of amides is 1. The van der Waals surface area contributed by atoms with Crippen LogP contribution in [0, 0.1) is 0 Å². The minimum Gasteiger partial charge on any atom is -0.324 e. The normalized spacial score (nSPS) is 11.4. The van der Waals surface area contributed by atoms with Gasteiger partial charge in [0.2, 0.25) is 5.91 Å². The number of carbonyl (C=O) groups excluding carboxylic acids is 1. The molecule has 2 aromatic carbocycles. The Morgan fingerprint density at radius 1 is 1.04 bits per heavy atom. The number of carbonyl (C=O) groups is 1. The van der Waals surface area contributed by atoms with Gasteiger partial charge in [0.1, 0.15) is 0 Å². The smallest absolute Gasteiger partial charge is 0.225 e. The highest BCUT2D eigenvalue weighted by molar-refractivity contribution is 7.91. The van der Waals surface area contributed by atoms with Gasteiger partial charge in [-0.1, -0.05) is 29.8 Å². The van der Waals surface area contributed by atoms with Gasteiger partial charge in [-0.2, -0.15) is 0 Å². The predicted molar refractivity (Wildman–Crippen MR) is 98.5 cm³/mol. The lowest BCUT2D eigenvalue weighted by Crippen LogP contribution is -2.17. The van der Waals surface area contributed by atoms with Crippen LogP contribution in [0.4, 0.5) is 5.69 Å². The van der Waals surface area contributed by atoms with E-state index in [9.17, 15) is 13.2 Å². The number of aromatic nitrogens is 1. The highest BCUT2D eigenvalue weighted by atomic mass is 35.5. The molecule has 5 nitrogen and oxygen atoms in total. The summed E-state index contributed by atoms with van der Waals surface area (Å²) in [5.41, 5.74) is 1.23. The molecule has 0 aliphatic heterocycles. The number of anilines is 1. The van der Waals surface area contributed by atoms with Crippen molar-refractivity contribution in [1.29, 1.82) is 0 Å². The van der Waals surface area contributed by atoms with E-state index in [0.717, 1.165) is 5.39 Å². The van der Waals surface area contributed by atoms with Crippen molar-refractivity contribution < 1.29 is 13.2 Å². The molecule has 0 saturated heterocycles. The van der Waals surface area contributed by atoms with Gasteiger partial charge in [-0.05, 0) is 36.4 Å². The van der Waals surface area contributed by atoms with Crippen molar-refractivity contribution in [3.63, 3.8) is 0 Å². The van der Waals surface area contributed by atoms with Gasteiger partial charge in [-0.15, -0.1) is 0 Å². The number of nitrogens with zero attached hydrogens (tertiary/aromatic N) is 1. The van der Waals surface area contributed by atoms with Crippen LogP contribution in [0.15, 0.2) is 65.7 Å². The highest BCUT2D eigenvalue weighted by Crippen LogP contribution is 2.21. The quantitative estimate of drug-likeness (QED) is 0.738. The number of nitrogens with one attached hydrogen (secondary N) is 1. The van der Waals surface area contributed by atoms with Crippen molar-refractivity contribution in [2.45, 2.75) is 11.3 Å². The van der Waals surface area contributed by atoms with Gasteiger partial charge in [-0.3, -0.25) is 9.78 Å². The molecule has 1 amide bonds. The first kappa shape index (κ1) is 17.4. The molecule has 0 spiro atoms. The SMILES string of the molecule is O=C(CCS(=O)(=O)c1ccc(Cl)cc1)Nc1cccc2cccnc12. The largest absolute Gasteiger partial charge is 0.324 e. The number of sulfone groups is 1. The van der Waals surface area contributed by atoms with Crippen molar-refractivity contribution in [2.24, 2.45) is 0 Å². The number of fused-ring (bicyclic) bond motifs is 1. The highest BCUT2D eigenvalue weighted by Gasteiger charge is 2.17. The molecule has 0 aliphatic rings. The minimum atomic E-state index is -3.54. The second-order valence-corrected chi connectivity index (χ2v) is 8.00. The van der Waals surface area contributed by atoms with E-state index in [1.807, 2.05) is 24.3 Å². The lowest BCUT2D eigenvalue weighted by atomic mass is 10.2. The number of hydrogen-bond acceptors (Lipinski definition) is 4. The summed E-state index contributed by atoms with van der Waals surface area (Å²) < 4.78 is 24.6. The molecule has 128 valence electrons. The van der Waals surface area contributed by atoms with Gasteiger partial charge in [0.05, 0.1) is 21.9 Å². The molecule has 1 N–H and O–H groups in total. The molecule has 3 rings (SSSR count). The summed E-state index contributed by atoms with van der Waals surface area (Å²) in [6.07, 6.45) is 1.50. The van der Waals surface area contributed by atoms with Crippen LogP contribution in [0.3, 0.4) is 0 Å². The fourth-order valence-electron chi connectivity index (χ4n) is 2.40. The first-order valence-electron chi connectivity index (χ1n) is 7.58. The molecule has 0 aliphatic carbocycles. The third-order valence-electron chi connectivity index (χ3n) is 3.68. The number of pyridine rings is 1. The molecule has 0 atom stereocenters. The topological polar surface area (TPSA) is 76.1 Å². The molecule has 0 fully saturated rings. The number of halogens is 1. The Labute approximate surface area is 150 Å². The fourth-order valence-corrected chi connectivity index (χ4v) is 3.77.